The highest BCUT2D eigenvalue weighted by Gasteiger charge is 2.10. The molecule has 0 fully saturated rings. The number of rotatable bonds is 5. The summed E-state index contributed by atoms with van der Waals surface area (Å²) in [5.74, 6) is 0. The molecule has 1 aromatic rings. The van der Waals surface area contributed by atoms with Crippen molar-refractivity contribution in [2.75, 3.05) is 13.1 Å². The van der Waals surface area contributed by atoms with Crippen molar-refractivity contribution in [2.45, 2.75) is 13.8 Å². The first-order chi connectivity index (χ1) is 7.27. The van der Waals surface area contributed by atoms with Crippen LogP contribution in [0.3, 0.4) is 0 Å². The Labute approximate surface area is 98.8 Å². The first kappa shape index (κ1) is 12.5. The van der Waals surface area contributed by atoms with Crippen molar-refractivity contribution in [2.24, 2.45) is 0 Å². The van der Waals surface area contributed by atoms with Crippen molar-refractivity contribution >= 4 is 25.4 Å². The molecule has 0 spiro atoms. The van der Waals surface area contributed by atoms with E-state index in [0.29, 0.717) is 0 Å². The molecule has 3 heteroatoms. The maximum atomic E-state index is 6.38. The lowest BCUT2D eigenvalue weighted by Gasteiger charge is -2.20. The normalized spacial score (nSPS) is 13.6. The smallest absolute Gasteiger partial charge is 0.237 e. The fourth-order valence-corrected chi connectivity index (χ4v) is 3.82. The van der Waals surface area contributed by atoms with Crippen molar-refractivity contribution < 1.29 is 0 Å². The van der Waals surface area contributed by atoms with E-state index in [9.17, 15) is 0 Å². The van der Waals surface area contributed by atoms with Gasteiger partial charge in [-0.15, -0.1) is 11.1 Å². The number of nitrogens with zero attached hydrogens (tertiary/aromatic N) is 1. The van der Waals surface area contributed by atoms with E-state index in [1.807, 2.05) is 18.2 Å². The van der Waals surface area contributed by atoms with Gasteiger partial charge in [0.15, 0.2) is 0 Å². The summed E-state index contributed by atoms with van der Waals surface area (Å²) in [6.07, 6.45) is 2.13. The third-order valence-corrected chi connectivity index (χ3v) is 5.61. The average molecular weight is 240 g/mol. The fraction of sp³-hybridized carbons (Fsp3) is 0.333. The highest BCUT2D eigenvalue weighted by Crippen LogP contribution is 2.06. The van der Waals surface area contributed by atoms with Gasteiger partial charge in [0.1, 0.15) is 0 Å². The fourth-order valence-electron chi connectivity index (χ4n) is 1.45. The Morgan fingerprint density at radius 3 is 2.33 bits per heavy atom. The summed E-state index contributed by atoms with van der Waals surface area (Å²) in [4.78, 5) is 0. The van der Waals surface area contributed by atoms with Crippen molar-refractivity contribution in [1.82, 2.24) is 4.57 Å². The highest BCUT2D eigenvalue weighted by molar-refractivity contribution is 7.08. The van der Waals surface area contributed by atoms with E-state index in [2.05, 4.69) is 42.3 Å². The molecule has 15 heavy (non-hydrogen) atoms. The summed E-state index contributed by atoms with van der Waals surface area (Å²) in [6.45, 7) is 6.39. The second-order valence-electron chi connectivity index (χ2n) is 3.36. The molecule has 1 aromatic carbocycles. The second-order valence-corrected chi connectivity index (χ2v) is 6.57. The zero-order valence-electron chi connectivity index (χ0n) is 9.36. The highest BCUT2D eigenvalue weighted by atomic mass is 35.6. The van der Waals surface area contributed by atoms with Crippen molar-refractivity contribution in [1.29, 1.82) is 0 Å². The van der Waals surface area contributed by atoms with Gasteiger partial charge in [0, 0.05) is 0 Å². The molecule has 0 aliphatic carbocycles. The average Bonchev–Trinajstić information content (AvgIpc) is 2.29. The van der Waals surface area contributed by atoms with Gasteiger partial charge in [-0.1, -0.05) is 56.0 Å². The van der Waals surface area contributed by atoms with Crippen molar-refractivity contribution in [3.63, 3.8) is 0 Å². The predicted octanol–water partition coefficient (Wildman–Crippen LogP) is 3.04. The van der Waals surface area contributed by atoms with Crippen LogP contribution in [-0.4, -0.2) is 25.9 Å². The van der Waals surface area contributed by atoms with Crippen LogP contribution in [0.1, 0.15) is 19.4 Å². The largest absolute Gasteiger partial charge is 0.312 e. The van der Waals surface area contributed by atoms with E-state index in [4.69, 9.17) is 11.1 Å². The van der Waals surface area contributed by atoms with Gasteiger partial charge in [-0.05, 0) is 18.7 Å². The Kier molecular flexibility index (Phi) is 5.69. The Balaban J connectivity index is 2.57. The van der Waals surface area contributed by atoms with E-state index < -0.39 is 8.27 Å². The lowest BCUT2D eigenvalue weighted by Crippen LogP contribution is -2.33. The molecule has 0 radical (unpaired) electrons. The van der Waals surface area contributed by atoms with Crippen LogP contribution in [0.25, 0.3) is 6.08 Å². The minimum atomic E-state index is -1.36. The second kappa shape index (κ2) is 6.83. The van der Waals surface area contributed by atoms with Crippen LogP contribution in [0.2, 0.25) is 0 Å². The maximum Gasteiger partial charge on any atom is 0.237 e. The summed E-state index contributed by atoms with van der Waals surface area (Å²) in [5, 5.41) is 0. The number of halogens is 1. The maximum absolute atomic E-state index is 6.38. The van der Waals surface area contributed by atoms with Gasteiger partial charge >= 0.3 is 0 Å². The van der Waals surface area contributed by atoms with Gasteiger partial charge in [-0.25, -0.2) is 0 Å². The molecular weight excluding hydrogens is 222 g/mol. The molecule has 0 saturated carbocycles. The van der Waals surface area contributed by atoms with E-state index in [0.717, 1.165) is 13.1 Å². The van der Waals surface area contributed by atoms with Crippen LogP contribution in [-0.2, 0) is 0 Å². The zero-order chi connectivity index (χ0) is 11.1. The molecule has 0 amide bonds. The quantitative estimate of drug-likeness (QED) is 0.564. The Morgan fingerprint density at radius 2 is 1.80 bits per heavy atom. The standard InChI is InChI=1S/C12H18ClNSi/c1-3-14(4-2)15(13)11-10-12-8-6-5-7-9-12/h5-11,15H,3-4H2,1-2H3. The molecule has 82 valence electrons. The minimum Gasteiger partial charge on any atom is -0.312 e. The lowest BCUT2D eigenvalue weighted by molar-refractivity contribution is 0.494. The molecule has 1 unspecified atom stereocenters. The number of hydrogen-bond donors (Lipinski definition) is 0. The lowest BCUT2D eigenvalue weighted by atomic mass is 10.2. The third-order valence-electron chi connectivity index (χ3n) is 2.41. The van der Waals surface area contributed by atoms with Gasteiger partial charge in [0.25, 0.3) is 0 Å². The summed E-state index contributed by atoms with van der Waals surface area (Å²) in [6, 6.07) is 10.3. The minimum absolute atomic E-state index is 1.04. The molecule has 0 saturated heterocycles. The first-order valence-corrected chi connectivity index (χ1v) is 8.32. The van der Waals surface area contributed by atoms with Gasteiger partial charge < -0.3 is 4.57 Å². The van der Waals surface area contributed by atoms with Crippen molar-refractivity contribution in [3.8, 4) is 0 Å². The van der Waals surface area contributed by atoms with Gasteiger partial charge in [-0.2, -0.15) is 0 Å². The molecule has 0 aliphatic rings. The molecule has 0 heterocycles. The van der Waals surface area contributed by atoms with Crippen LogP contribution in [0.4, 0.5) is 0 Å². The molecule has 1 rings (SSSR count). The van der Waals surface area contributed by atoms with E-state index in [-0.39, 0.29) is 0 Å². The van der Waals surface area contributed by atoms with Gasteiger partial charge in [-0.3, -0.25) is 0 Å². The van der Waals surface area contributed by atoms with Gasteiger partial charge in [0.05, 0.1) is 0 Å². The summed E-state index contributed by atoms with van der Waals surface area (Å²) in [7, 11) is -1.36. The predicted molar refractivity (Wildman–Crippen MR) is 71.4 cm³/mol. The number of hydrogen-bond acceptors (Lipinski definition) is 1. The third kappa shape index (κ3) is 4.20. The molecule has 0 aromatic heterocycles. The Morgan fingerprint density at radius 1 is 1.20 bits per heavy atom. The Bertz CT molecular complexity index is 296. The summed E-state index contributed by atoms with van der Waals surface area (Å²) >= 11 is 6.38. The molecule has 1 atom stereocenters. The van der Waals surface area contributed by atoms with Crippen LogP contribution in [0.5, 0.6) is 0 Å². The monoisotopic (exact) mass is 239 g/mol. The summed E-state index contributed by atoms with van der Waals surface area (Å²) < 4.78 is 2.33. The molecule has 1 nitrogen and oxygen atoms in total. The zero-order valence-corrected chi connectivity index (χ0v) is 11.3. The van der Waals surface area contributed by atoms with E-state index in [1.165, 1.54) is 5.56 Å². The van der Waals surface area contributed by atoms with Crippen molar-refractivity contribution in [3.05, 3.63) is 41.6 Å². The molecule has 0 aliphatic heterocycles. The van der Waals surface area contributed by atoms with Crippen LogP contribution < -0.4 is 0 Å². The molecular formula is C12H18ClNSi. The van der Waals surface area contributed by atoms with E-state index >= 15 is 0 Å². The topological polar surface area (TPSA) is 3.24 Å². The van der Waals surface area contributed by atoms with Crippen LogP contribution in [0.15, 0.2) is 36.0 Å². The number of benzene rings is 1. The summed E-state index contributed by atoms with van der Waals surface area (Å²) in [5.41, 5.74) is 3.40. The van der Waals surface area contributed by atoms with Gasteiger partial charge in [0.2, 0.25) is 8.27 Å². The Hall–Kier alpha value is -0.573. The molecule has 0 bridgehead atoms. The van der Waals surface area contributed by atoms with E-state index in [1.54, 1.807) is 0 Å². The van der Waals surface area contributed by atoms with Crippen LogP contribution in [0, 0.1) is 0 Å². The molecule has 0 N–H and O–H groups in total. The van der Waals surface area contributed by atoms with Crippen LogP contribution >= 0.6 is 11.1 Å². The SMILES string of the molecule is CCN(CC)[SiH](Cl)C=Cc1ccccc1. The first-order valence-electron chi connectivity index (χ1n) is 5.39.